The van der Waals surface area contributed by atoms with Crippen molar-refractivity contribution in [1.29, 1.82) is 0 Å². The molecule has 4 nitrogen and oxygen atoms in total. The average Bonchev–Trinajstić information content (AvgIpc) is 2.46. The summed E-state index contributed by atoms with van der Waals surface area (Å²) in [6.45, 7) is 12.1. The molecule has 0 radical (unpaired) electrons. The number of amides is 1. The monoisotopic (exact) mass is 317 g/mol. The van der Waals surface area contributed by atoms with Gasteiger partial charge >= 0.3 is 0 Å². The topological polar surface area (TPSA) is 44.4 Å². The van der Waals surface area contributed by atoms with Crippen LogP contribution in [0.2, 0.25) is 0 Å². The number of carbonyl (C=O) groups excluding carboxylic acids is 1. The van der Waals surface area contributed by atoms with E-state index in [1.165, 1.54) is 5.56 Å². The van der Waals surface area contributed by atoms with E-state index in [2.05, 4.69) is 59.7 Å². The zero-order chi connectivity index (χ0) is 16.8. The van der Waals surface area contributed by atoms with Crippen molar-refractivity contribution in [3.05, 3.63) is 35.9 Å². The van der Waals surface area contributed by atoms with Gasteiger partial charge in [0.25, 0.3) is 0 Å². The number of hydrogen-bond acceptors (Lipinski definition) is 3. The van der Waals surface area contributed by atoms with Gasteiger partial charge in [0.2, 0.25) is 5.91 Å². The van der Waals surface area contributed by atoms with E-state index < -0.39 is 0 Å². The van der Waals surface area contributed by atoms with Gasteiger partial charge in [0.15, 0.2) is 0 Å². The van der Waals surface area contributed by atoms with Crippen molar-refractivity contribution in [2.45, 2.75) is 46.3 Å². The van der Waals surface area contributed by atoms with Gasteiger partial charge in [0.05, 0.1) is 6.54 Å². The lowest BCUT2D eigenvalue weighted by molar-refractivity contribution is -0.121. The average molecular weight is 317 g/mol. The molecule has 1 saturated heterocycles. The molecule has 1 aliphatic rings. The lowest BCUT2D eigenvalue weighted by Crippen LogP contribution is -2.55. The fourth-order valence-corrected chi connectivity index (χ4v) is 3.63. The number of nitrogens with one attached hydrogen (secondary N) is 2. The molecular formula is C19H31N3O. The molecule has 0 spiro atoms. The molecule has 1 amide bonds. The van der Waals surface area contributed by atoms with Gasteiger partial charge in [0, 0.05) is 31.7 Å². The van der Waals surface area contributed by atoms with Crippen LogP contribution in [0.1, 0.15) is 33.3 Å². The first-order valence-corrected chi connectivity index (χ1v) is 8.74. The minimum Gasteiger partial charge on any atom is -0.353 e. The van der Waals surface area contributed by atoms with Crippen LogP contribution in [0.3, 0.4) is 0 Å². The second-order valence-corrected chi connectivity index (χ2v) is 7.26. The number of piperidine rings is 1. The van der Waals surface area contributed by atoms with Crippen molar-refractivity contribution >= 4 is 5.91 Å². The Balaban J connectivity index is 1.83. The van der Waals surface area contributed by atoms with Crippen LogP contribution in [-0.2, 0) is 11.3 Å². The highest BCUT2D eigenvalue weighted by Crippen LogP contribution is 2.23. The molecule has 2 atom stereocenters. The molecule has 128 valence electrons. The minimum atomic E-state index is 0.0890. The SMILES string of the molecule is CC(C)NC(=O)CNC1C(C)CN(Cc2ccccc2)CC1C. The smallest absolute Gasteiger partial charge is 0.234 e. The minimum absolute atomic E-state index is 0.0890. The van der Waals surface area contributed by atoms with E-state index in [0.717, 1.165) is 19.6 Å². The van der Waals surface area contributed by atoms with Crippen LogP contribution in [0.15, 0.2) is 30.3 Å². The second-order valence-electron chi connectivity index (χ2n) is 7.26. The van der Waals surface area contributed by atoms with Gasteiger partial charge in [-0.15, -0.1) is 0 Å². The molecule has 2 N–H and O–H groups in total. The molecule has 1 aromatic rings. The van der Waals surface area contributed by atoms with Crippen LogP contribution in [0, 0.1) is 11.8 Å². The van der Waals surface area contributed by atoms with Crippen molar-refractivity contribution in [1.82, 2.24) is 15.5 Å². The zero-order valence-electron chi connectivity index (χ0n) is 14.9. The Kier molecular flexibility index (Phi) is 6.60. The van der Waals surface area contributed by atoms with Gasteiger partial charge in [-0.1, -0.05) is 44.2 Å². The maximum Gasteiger partial charge on any atom is 0.234 e. The van der Waals surface area contributed by atoms with Crippen molar-refractivity contribution in [2.24, 2.45) is 11.8 Å². The largest absolute Gasteiger partial charge is 0.353 e. The highest BCUT2D eigenvalue weighted by Gasteiger charge is 2.31. The van der Waals surface area contributed by atoms with Crippen molar-refractivity contribution in [3.8, 4) is 0 Å². The number of hydrogen-bond donors (Lipinski definition) is 2. The summed E-state index contributed by atoms with van der Waals surface area (Å²) in [5, 5.41) is 6.41. The first-order chi connectivity index (χ1) is 11.0. The Hall–Kier alpha value is -1.39. The van der Waals surface area contributed by atoms with Crippen molar-refractivity contribution in [2.75, 3.05) is 19.6 Å². The number of benzene rings is 1. The Labute approximate surface area is 140 Å². The molecule has 2 rings (SSSR count). The van der Waals surface area contributed by atoms with Gasteiger partial charge in [-0.25, -0.2) is 0 Å². The van der Waals surface area contributed by atoms with Crippen LogP contribution in [-0.4, -0.2) is 42.5 Å². The number of nitrogens with zero attached hydrogens (tertiary/aromatic N) is 1. The summed E-state index contributed by atoms with van der Waals surface area (Å²) < 4.78 is 0. The number of carbonyl (C=O) groups is 1. The summed E-state index contributed by atoms with van der Waals surface area (Å²) in [6.07, 6.45) is 0. The van der Waals surface area contributed by atoms with Crippen LogP contribution >= 0.6 is 0 Å². The Morgan fingerprint density at radius 3 is 2.35 bits per heavy atom. The maximum absolute atomic E-state index is 11.8. The second kappa shape index (κ2) is 8.46. The zero-order valence-corrected chi connectivity index (χ0v) is 14.9. The van der Waals surface area contributed by atoms with Crippen molar-refractivity contribution in [3.63, 3.8) is 0 Å². The Bertz CT molecular complexity index is 477. The summed E-state index contributed by atoms with van der Waals surface area (Å²) >= 11 is 0. The number of rotatable bonds is 6. The molecule has 0 aliphatic carbocycles. The van der Waals surface area contributed by atoms with E-state index in [4.69, 9.17) is 0 Å². The summed E-state index contributed by atoms with van der Waals surface area (Å²) in [5.41, 5.74) is 1.37. The summed E-state index contributed by atoms with van der Waals surface area (Å²) in [4.78, 5) is 14.4. The molecule has 1 aromatic carbocycles. The molecular weight excluding hydrogens is 286 g/mol. The predicted octanol–water partition coefficient (Wildman–Crippen LogP) is 2.26. The third kappa shape index (κ3) is 5.63. The van der Waals surface area contributed by atoms with E-state index >= 15 is 0 Å². The third-order valence-corrected chi connectivity index (χ3v) is 4.52. The highest BCUT2D eigenvalue weighted by atomic mass is 16.1. The van der Waals surface area contributed by atoms with E-state index in [1.807, 2.05) is 13.8 Å². The molecule has 0 saturated carbocycles. The molecule has 1 aliphatic heterocycles. The molecule has 0 aromatic heterocycles. The van der Waals surface area contributed by atoms with E-state index in [0.29, 0.717) is 24.4 Å². The first-order valence-electron chi connectivity index (χ1n) is 8.74. The van der Waals surface area contributed by atoms with Gasteiger partial charge in [0.1, 0.15) is 0 Å². The quantitative estimate of drug-likeness (QED) is 0.846. The third-order valence-electron chi connectivity index (χ3n) is 4.52. The summed E-state index contributed by atoms with van der Waals surface area (Å²) in [7, 11) is 0. The highest BCUT2D eigenvalue weighted by molar-refractivity contribution is 5.78. The predicted molar refractivity (Wildman–Crippen MR) is 95.1 cm³/mol. The molecule has 23 heavy (non-hydrogen) atoms. The molecule has 4 heteroatoms. The Morgan fingerprint density at radius 2 is 1.78 bits per heavy atom. The molecule has 1 fully saturated rings. The molecule has 0 bridgehead atoms. The Morgan fingerprint density at radius 1 is 1.17 bits per heavy atom. The standard InChI is InChI=1S/C19H31N3O/c1-14(2)21-18(23)10-20-19-15(3)11-22(12-16(19)4)13-17-8-6-5-7-9-17/h5-9,14-16,19-20H,10-13H2,1-4H3,(H,21,23). The normalized spacial score (nSPS) is 25.5. The lowest BCUT2D eigenvalue weighted by Gasteiger charge is -2.42. The number of likely N-dealkylation sites (tertiary alicyclic amines) is 1. The van der Waals surface area contributed by atoms with Crippen LogP contribution in [0.4, 0.5) is 0 Å². The van der Waals surface area contributed by atoms with Gasteiger partial charge < -0.3 is 10.6 Å². The first kappa shape index (κ1) is 18.0. The van der Waals surface area contributed by atoms with Gasteiger partial charge in [-0.3, -0.25) is 9.69 Å². The maximum atomic E-state index is 11.8. The van der Waals surface area contributed by atoms with E-state index in [9.17, 15) is 4.79 Å². The van der Waals surface area contributed by atoms with Crippen LogP contribution in [0.25, 0.3) is 0 Å². The lowest BCUT2D eigenvalue weighted by atomic mass is 9.85. The van der Waals surface area contributed by atoms with Gasteiger partial charge in [-0.2, -0.15) is 0 Å². The van der Waals surface area contributed by atoms with Crippen LogP contribution in [0.5, 0.6) is 0 Å². The fourth-order valence-electron chi connectivity index (χ4n) is 3.63. The van der Waals surface area contributed by atoms with Crippen LogP contribution < -0.4 is 10.6 Å². The van der Waals surface area contributed by atoms with Crippen molar-refractivity contribution < 1.29 is 4.79 Å². The van der Waals surface area contributed by atoms with E-state index in [-0.39, 0.29) is 11.9 Å². The van der Waals surface area contributed by atoms with E-state index in [1.54, 1.807) is 0 Å². The van der Waals surface area contributed by atoms with Gasteiger partial charge in [-0.05, 0) is 31.2 Å². The summed E-state index contributed by atoms with van der Waals surface area (Å²) in [5.74, 6) is 1.16. The fraction of sp³-hybridized carbons (Fsp3) is 0.632. The molecule has 1 heterocycles. The molecule has 2 unspecified atom stereocenters. The summed E-state index contributed by atoms with van der Waals surface area (Å²) in [6, 6.07) is 11.2.